The molecular weight excluding hydrogens is 270 g/mol. The summed E-state index contributed by atoms with van der Waals surface area (Å²) < 4.78 is 10.9. The Morgan fingerprint density at radius 1 is 1.38 bits per heavy atom. The fourth-order valence-corrected chi connectivity index (χ4v) is 2.83. The van der Waals surface area contributed by atoms with Crippen LogP contribution >= 0.6 is 0 Å². The molecule has 120 valence electrons. The van der Waals surface area contributed by atoms with Gasteiger partial charge in [0.1, 0.15) is 5.60 Å². The smallest absolute Gasteiger partial charge is 0.407 e. The standard InChI is InChI=1S/C15H27N3O3/c1-10-17-18-13(20-10)12-7-5-11(6-8-12)9-16-14(19)21-15(2,3)4/h11-13,18H,5-9H2,1-4H3,(H,16,19). The van der Waals surface area contributed by atoms with Crippen molar-refractivity contribution < 1.29 is 14.3 Å². The Morgan fingerprint density at radius 2 is 2.05 bits per heavy atom. The fourth-order valence-electron chi connectivity index (χ4n) is 2.83. The summed E-state index contributed by atoms with van der Waals surface area (Å²) in [5.41, 5.74) is 2.60. The molecule has 2 aliphatic rings. The maximum absolute atomic E-state index is 11.6. The zero-order chi connectivity index (χ0) is 15.5. The summed E-state index contributed by atoms with van der Waals surface area (Å²) >= 11 is 0. The molecule has 0 spiro atoms. The molecule has 2 N–H and O–H groups in total. The summed E-state index contributed by atoms with van der Waals surface area (Å²) in [4.78, 5) is 11.6. The zero-order valence-electron chi connectivity index (χ0n) is 13.4. The van der Waals surface area contributed by atoms with Crippen LogP contribution in [0.2, 0.25) is 0 Å². The molecule has 6 nitrogen and oxygen atoms in total. The normalized spacial score (nSPS) is 29.1. The van der Waals surface area contributed by atoms with E-state index in [4.69, 9.17) is 9.47 Å². The van der Waals surface area contributed by atoms with Gasteiger partial charge < -0.3 is 14.8 Å². The number of hydrogen-bond donors (Lipinski definition) is 2. The van der Waals surface area contributed by atoms with E-state index in [0.717, 1.165) is 25.7 Å². The summed E-state index contributed by atoms with van der Waals surface area (Å²) in [6.45, 7) is 8.17. The summed E-state index contributed by atoms with van der Waals surface area (Å²) in [7, 11) is 0. The minimum atomic E-state index is -0.439. The van der Waals surface area contributed by atoms with Crippen molar-refractivity contribution >= 4 is 12.0 Å². The second kappa shape index (κ2) is 6.54. The molecule has 2 rings (SSSR count). The summed E-state index contributed by atoms with van der Waals surface area (Å²) in [5.74, 6) is 1.75. The third kappa shape index (κ3) is 5.10. The second-order valence-electron chi connectivity index (χ2n) is 6.96. The molecule has 0 saturated heterocycles. The van der Waals surface area contributed by atoms with Gasteiger partial charge in [0.15, 0.2) is 6.23 Å². The lowest BCUT2D eigenvalue weighted by Crippen LogP contribution is -2.38. The van der Waals surface area contributed by atoms with Crippen LogP contribution in [0.25, 0.3) is 0 Å². The fraction of sp³-hybridized carbons (Fsp3) is 0.867. The van der Waals surface area contributed by atoms with E-state index in [1.54, 1.807) is 0 Å². The topological polar surface area (TPSA) is 72.0 Å². The number of rotatable bonds is 3. The highest BCUT2D eigenvalue weighted by Gasteiger charge is 2.31. The van der Waals surface area contributed by atoms with Crippen molar-refractivity contribution in [2.75, 3.05) is 6.54 Å². The maximum atomic E-state index is 11.6. The summed E-state index contributed by atoms with van der Waals surface area (Å²) in [5, 5.41) is 6.95. The highest BCUT2D eigenvalue weighted by Crippen LogP contribution is 2.31. The van der Waals surface area contributed by atoms with Crippen LogP contribution in [0.15, 0.2) is 5.10 Å². The zero-order valence-corrected chi connectivity index (χ0v) is 13.4. The van der Waals surface area contributed by atoms with Gasteiger partial charge in [0.2, 0.25) is 5.90 Å². The third-order valence-electron chi connectivity index (χ3n) is 3.90. The van der Waals surface area contributed by atoms with Gasteiger partial charge in [-0.05, 0) is 52.4 Å². The first-order valence-electron chi connectivity index (χ1n) is 7.77. The van der Waals surface area contributed by atoms with E-state index in [2.05, 4.69) is 15.8 Å². The molecule has 1 amide bonds. The van der Waals surface area contributed by atoms with Crippen LogP contribution in [0.4, 0.5) is 4.79 Å². The van der Waals surface area contributed by atoms with Gasteiger partial charge in [-0.15, -0.1) is 5.10 Å². The lowest BCUT2D eigenvalue weighted by atomic mass is 9.81. The Kier molecular flexibility index (Phi) is 4.96. The number of carbonyl (C=O) groups is 1. The number of alkyl carbamates (subject to hydrolysis) is 1. The van der Waals surface area contributed by atoms with Gasteiger partial charge in [0.05, 0.1) is 0 Å². The largest absolute Gasteiger partial charge is 0.455 e. The minimum Gasteiger partial charge on any atom is -0.455 e. The van der Waals surface area contributed by atoms with Crippen LogP contribution in [0, 0.1) is 11.8 Å². The average Bonchev–Trinajstić information content (AvgIpc) is 2.82. The van der Waals surface area contributed by atoms with Crippen LogP contribution in [0.3, 0.4) is 0 Å². The van der Waals surface area contributed by atoms with Gasteiger partial charge in [-0.25, -0.2) is 4.79 Å². The summed E-state index contributed by atoms with van der Waals surface area (Å²) in [6.07, 6.45) is 4.10. The average molecular weight is 297 g/mol. The minimum absolute atomic E-state index is 0.0322. The van der Waals surface area contributed by atoms with Crippen molar-refractivity contribution in [1.82, 2.24) is 10.7 Å². The van der Waals surface area contributed by atoms with Crippen molar-refractivity contribution in [1.29, 1.82) is 0 Å². The number of hydrazone groups is 1. The van der Waals surface area contributed by atoms with E-state index in [9.17, 15) is 4.79 Å². The van der Waals surface area contributed by atoms with Crippen molar-refractivity contribution in [3.8, 4) is 0 Å². The number of nitrogens with zero attached hydrogens (tertiary/aromatic N) is 1. The Balaban J connectivity index is 1.64. The van der Waals surface area contributed by atoms with E-state index in [0.29, 0.717) is 24.3 Å². The quantitative estimate of drug-likeness (QED) is 0.840. The number of hydrogen-bond acceptors (Lipinski definition) is 5. The molecule has 21 heavy (non-hydrogen) atoms. The van der Waals surface area contributed by atoms with E-state index in [1.807, 2.05) is 27.7 Å². The predicted molar refractivity (Wildman–Crippen MR) is 80.8 cm³/mol. The maximum Gasteiger partial charge on any atom is 0.407 e. The molecular formula is C15H27N3O3. The Hall–Kier alpha value is -1.46. The molecule has 0 aromatic rings. The monoisotopic (exact) mass is 297 g/mol. The van der Waals surface area contributed by atoms with Crippen LogP contribution < -0.4 is 10.7 Å². The molecule has 1 fully saturated rings. The van der Waals surface area contributed by atoms with E-state index < -0.39 is 5.60 Å². The SMILES string of the molecule is CC1=NNC(C2CCC(CNC(=O)OC(C)(C)C)CC2)O1. The lowest BCUT2D eigenvalue weighted by molar-refractivity contribution is 0.0495. The molecule has 1 saturated carbocycles. The third-order valence-corrected chi connectivity index (χ3v) is 3.90. The van der Waals surface area contributed by atoms with Crippen molar-refractivity contribution in [2.24, 2.45) is 16.9 Å². The van der Waals surface area contributed by atoms with Crippen LogP contribution in [0.5, 0.6) is 0 Å². The van der Waals surface area contributed by atoms with Gasteiger partial charge in [-0.3, -0.25) is 5.43 Å². The molecule has 0 aromatic carbocycles. The Labute approximate surface area is 126 Å². The second-order valence-corrected chi connectivity index (χ2v) is 6.96. The molecule has 0 aromatic heterocycles. The van der Waals surface area contributed by atoms with Crippen LogP contribution in [-0.2, 0) is 9.47 Å². The van der Waals surface area contributed by atoms with E-state index in [-0.39, 0.29) is 12.3 Å². The molecule has 0 bridgehead atoms. The highest BCUT2D eigenvalue weighted by atomic mass is 16.6. The van der Waals surface area contributed by atoms with Gasteiger partial charge in [0.25, 0.3) is 0 Å². The van der Waals surface area contributed by atoms with Gasteiger partial charge in [-0.1, -0.05) is 0 Å². The van der Waals surface area contributed by atoms with Crippen LogP contribution in [0.1, 0.15) is 53.4 Å². The number of nitrogens with one attached hydrogen (secondary N) is 2. The molecule has 0 radical (unpaired) electrons. The molecule has 1 heterocycles. The first kappa shape index (κ1) is 15.9. The van der Waals surface area contributed by atoms with E-state index in [1.165, 1.54) is 0 Å². The first-order chi connectivity index (χ1) is 9.83. The Morgan fingerprint density at radius 3 is 2.57 bits per heavy atom. The number of carbonyl (C=O) groups excluding carboxylic acids is 1. The number of ether oxygens (including phenoxy) is 2. The van der Waals surface area contributed by atoms with E-state index >= 15 is 0 Å². The lowest BCUT2D eigenvalue weighted by Gasteiger charge is -2.31. The molecule has 1 aliphatic carbocycles. The highest BCUT2D eigenvalue weighted by molar-refractivity contribution is 5.74. The Bertz CT molecular complexity index is 395. The molecule has 1 aliphatic heterocycles. The number of amides is 1. The predicted octanol–water partition coefficient (Wildman–Crippen LogP) is 2.60. The molecule has 1 atom stereocenters. The first-order valence-corrected chi connectivity index (χ1v) is 7.77. The van der Waals surface area contributed by atoms with Crippen molar-refractivity contribution in [3.63, 3.8) is 0 Å². The van der Waals surface area contributed by atoms with Gasteiger partial charge in [0, 0.05) is 19.4 Å². The van der Waals surface area contributed by atoms with Crippen LogP contribution in [-0.4, -0.2) is 30.4 Å². The van der Waals surface area contributed by atoms with Crippen molar-refractivity contribution in [2.45, 2.75) is 65.2 Å². The van der Waals surface area contributed by atoms with Gasteiger partial charge in [-0.2, -0.15) is 0 Å². The van der Waals surface area contributed by atoms with Gasteiger partial charge >= 0.3 is 6.09 Å². The molecule has 6 heteroatoms. The molecule has 1 unspecified atom stereocenters. The van der Waals surface area contributed by atoms with Crippen molar-refractivity contribution in [3.05, 3.63) is 0 Å². The summed E-state index contributed by atoms with van der Waals surface area (Å²) in [6, 6.07) is 0.